The second-order valence-corrected chi connectivity index (χ2v) is 9.97. The van der Waals surface area contributed by atoms with Gasteiger partial charge in [0, 0.05) is 30.6 Å². The summed E-state index contributed by atoms with van der Waals surface area (Å²) in [6, 6.07) is 6.19. The van der Waals surface area contributed by atoms with Crippen molar-refractivity contribution in [3.05, 3.63) is 29.3 Å². The van der Waals surface area contributed by atoms with Crippen LogP contribution in [0.2, 0.25) is 5.02 Å². The number of carbonyl (C=O) groups is 1. The third-order valence-corrected chi connectivity index (χ3v) is 7.49. The maximum Gasteiger partial charge on any atom is 0.240 e. The molecule has 0 aromatic heterocycles. The second kappa shape index (κ2) is 9.39. The predicted octanol–water partition coefficient (Wildman–Crippen LogP) is 3.83. The van der Waals surface area contributed by atoms with E-state index in [1.807, 2.05) is 0 Å². The fourth-order valence-corrected chi connectivity index (χ4v) is 5.33. The molecular formula is C20H29ClN2O3S. The lowest BCUT2D eigenvalue weighted by Gasteiger charge is -2.31. The standard InChI is InChI=1S/C20H29ClN2O3S/c21-18-9-11-19(12-10-18)27(25,26)22-15-16-5-7-17(8-6-16)20(24)23-13-3-1-2-4-14-23/h9-12,16-17,22H,1-8,13-15H2. The molecule has 2 fully saturated rings. The number of amides is 1. The molecule has 150 valence electrons. The van der Waals surface area contributed by atoms with E-state index < -0.39 is 10.0 Å². The van der Waals surface area contributed by atoms with Gasteiger partial charge >= 0.3 is 0 Å². The molecule has 3 rings (SSSR count). The van der Waals surface area contributed by atoms with E-state index in [0.29, 0.717) is 23.4 Å². The lowest BCUT2D eigenvalue weighted by Crippen LogP contribution is -2.39. The van der Waals surface area contributed by atoms with Gasteiger partial charge in [0.05, 0.1) is 4.90 Å². The first-order chi connectivity index (χ1) is 13.0. The van der Waals surface area contributed by atoms with Gasteiger partial charge in [-0.3, -0.25) is 4.79 Å². The van der Waals surface area contributed by atoms with Gasteiger partial charge in [-0.2, -0.15) is 0 Å². The van der Waals surface area contributed by atoms with Crippen LogP contribution in [0.15, 0.2) is 29.2 Å². The SMILES string of the molecule is O=C(C1CCC(CNS(=O)(=O)c2ccc(Cl)cc2)CC1)N1CCCCCC1. The molecule has 1 saturated heterocycles. The van der Waals surface area contributed by atoms with Crippen molar-refractivity contribution in [3.8, 4) is 0 Å². The molecule has 0 bridgehead atoms. The van der Waals surface area contributed by atoms with E-state index in [9.17, 15) is 13.2 Å². The zero-order chi connectivity index (χ0) is 19.3. The molecule has 1 amide bonds. The molecule has 1 saturated carbocycles. The third kappa shape index (κ3) is 5.69. The Morgan fingerprint density at radius 2 is 1.59 bits per heavy atom. The normalized spacial score (nSPS) is 24.4. The summed E-state index contributed by atoms with van der Waals surface area (Å²) in [5.41, 5.74) is 0. The van der Waals surface area contributed by atoms with E-state index in [0.717, 1.165) is 51.6 Å². The van der Waals surface area contributed by atoms with Crippen LogP contribution >= 0.6 is 11.6 Å². The smallest absolute Gasteiger partial charge is 0.240 e. The summed E-state index contributed by atoms with van der Waals surface area (Å²) < 4.78 is 27.5. The van der Waals surface area contributed by atoms with Crippen molar-refractivity contribution >= 4 is 27.5 Å². The fraction of sp³-hybridized carbons (Fsp3) is 0.650. The summed E-state index contributed by atoms with van der Waals surface area (Å²) in [5.74, 6) is 0.726. The number of likely N-dealkylation sites (tertiary alicyclic amines) is 1. The van der Waals surface area contributed by atoms with Gasteiger partial charge in [0.1, 0.15) is 0 Å². The third-order valence-electron chi connectivity index (χ3n) is 5.80. The molecule has 1 aliphatic carbocycles. The van der Waals surface area contributed by atoms with Crippen molar-refractivity contribution in [1.82, 2.24) is 9.62 Å². The second-order valence-electron chi connectivity index (χ2n) is 7.76. The zero-order valence-electron chi connectivity index (χ0n) is 15.7. The fourth-order valence-electron chi connectivity index (χ4n) is 4.09. The van der Waals surface area contributed by atoms with Crippen LogP contribution in [0.25, 0.3) is 0 Å². The molecule has 1 aliphatic heterocycles. The highest BCUT2D eigenvalue weighted by Crippen LogP contribution is 2.30. The van der Waals surface area contributed by atoms with Crippen LogP contribution in [0.1, 0.15) is 51.4 Å². The Hall–Kier alpha value is -1.11. The van der Waals surface area contributed by atoms with Gasteiger partial charge in [0.15, 0.2) is 0 Å². The molecule has 0 unspecified atom stereocenters. The minimum Gasteiger partial charge on any atom is -0.342 e. The van der Waals surface area contributed by atoms with E-state index in [2.05, 4.69) is 9.62 Å². The number of carbonyl (C=O) groups excluding carboxylic acids is 1. The Kier molecular flexibility index (Phi) is 7.17. The molecule has 1 aromatic carbocycles. The Labute approximate surface area is 167 Å². The number of nitrogens with zero attached hydrogens (tertiary/aromatic N) is 1. The van der Waals surface area contributed by atoms with Crippen molar-refractivity contribution in [3.63, 3.8) is 0 Å². The van der Waals surface area contributed by atoms with Crippen LogP contribution < -0.4 is 4.72 Å². The predicted molar refractivity (Wildman–Crippen MR) is 107 cm³/mol. The highest BCUT2D eigenvalue weighted by molar-refractivity contribution is 7.89. The lowest BCUT2D eigenvalue weighted by molar-refractivity contribution is -0.136. The molecule has 2 aliphatic rings. The molecule has 0 atom stereocenters. The Morgan fingerprint density at radius 3 is 2.19 bits per heavy atom. The number of hydrogen-bond donors (Lipinski definition) is 1. The average molecular weight is 413 g/mol. The molecule has 5 nitrogen and oxygen atoms in total. The van der Waals surface area contributed by atoms with Crippen molar-refractivity contribution in [2.75, 3.05) is 19.6 Å². The van der Waals surface area contributed by atoms with Gasteiger partial charge in [-0.05, 0) is 68.7 Å². The van der Waals surface area contributed by atoms with Crippen molar-refractivity contribution in [1.29, 1.82) is 0 Å². The molecule has 7 heteroatoms. The van der Waals surface area contributed by atoms with E-state index in [4.69, 9.17) is 11.6 Å². The number of benzene rings is 1. The van der Waals surface area contributed by atoms with Gasteiger partial charge in [-0.25, -0.2) is 13.1 Å². The first kappa shape index (κ1) is 20.6. The summed E-state index contributed by atoms with van der Waals surface area (Å²) in [7, 11) is -3.51. The Bertz CT molecular complexity index is 720. The van der Waals surface area contributed by atoms with Gasteiger partial charge in [-0.15, -0.1) is 0 Å². The summed E-state index contributed by atoms with van der Waals surface area (Å²) >= 11 is 5.82. The van der Waals surface area contributed by atoms with Gasteiger partial charge < -0.3 is 4.90 Å². The van der Waals surface area contributed by atoms with Crippen LogP contribution in [0, 0.1) is 11.8 Å². The summed E-state index contributed by atoms with van der Waals surface area (Å²) in [6.45, 7) is 2.23. The molecule has 1 aromatic rings. The number of nitrogens with one attached hydrogen (secondary N) is 1. The van der Waals surface area contributed by atoms with Crippen molar-refractivity contribution in [2.24, 2.45) is 11.8 Å². The number of hydrogen-bond acceptors (Lipinski definition) is 3. The molecule has 27 heavy (non-hydrogen) atoms. The first-order valence-electron chi connectivity index (χ1n) is 10.00. The maximum atomic E-state index is 12.7. The molecule has 1 N–H and O–H groups in total. The Balaban J connectivity index is 1.46. The number of sulfonamides is 1. The van der Waals surface area contributed by atoms with Crippen LogP contribution in [0.3, 0.4) is 0 Å². The first-order valence-corrected chi connectivity index (χ1v) is 11.9. The Morgan fingerprint density at radius 1 is 1.00 bits per heavy atom. The zero-order valence-corrected chi connectivity index (χ0v) is 17.3. The van der Waals surface area contributed by atoms with Gasteiger partial charge in [0.25, 0.3) is 0 Å². The number of halogens is 1. The van der Waals surface area contributed by atoms with E-state index in [1.165, 1.54) is 25.0 Å². The van der Waals surface area contributed by atoms with Gasteiger partial charge in [0.2, 0.25) is 15.9 Å². The van der Waals surface area contributed by atoms with Crippen molar-refractivity contribution in [2.45, 2.75) is 56.3 Å². The average Bonchev–Trinajstić information content (AvgIpc) is 2.96. The molecule has 0 spiro atoms. The van der Waals surface area contributed by atoms with Crippen LogP contribution in [-0.2, 0) is 14.8 Å². The monoisotopic (exact) mass is 412 g/mol. The molecular weight excluding hydrogens is 384 g/mol. The highest BCUT2D eigenvalue weighted by Gasteiger charge is 2.30. The number of rotatable bonds is 5. The van der Waals surface area contributed by atoms with Crippen LogP contribution in [0.5, 0.6) is 0 Å². The lowest BCUT2D eigenvalue weighted by atomic mass is 9.81. The van der Waals surface area contributed by atoms with Gasteiger partial charge in [-0.1, -0.05) is 24.4 Å². The minimum absolute atomic E-state index is 0.118. The van der Waals surface area contributed by atoms with E-state index >= 15 is 0 Å². The van der Waals surface area contributed by atoms with Crippen molar-refractivity contribution < 1.29 is 13.2 Å². The summed E-state index contributed by atoms with van der Waals surface area (Å²) in [4.78, 5) is 15.0. The van der Waals surface area contributed by atoms with E-state index in [1.54, 1.807) is 12.1 Å². The highest BCUT2D eigenvalue weighted by atomic mass is 35.5. The van der Waals surface area contributed by atoms with Crippen LogP contribution in [-0.4, -0.2) is 38.9 Å². The maximum absolute atomic E-state index is 12.7. The molecule has 1 heterocycles. The quantitative estimate of drug-likeness (QED) is 0.799. The van der Waals surface area contributed by atoms with E-state index in [-0.39, 0.29) is 10.8 Å². The largest absolute Gasteiger partial charge is 0.342 e. The van der Waals surface area contributed by atoms with Crippen LogP contribution in [0.4, 0.5) is 0 Å². The summed E-state index contributed by atoms with van der Waals surface area (Å²) in [5, 5.41) is 0.515. The summed E-state index contributed by atoms with van der Waals surface area (Å²) in [6.07, 6.45) is 8.21. The minimum atomic E-state index is -3.51. The molecule has 0 radical (unpaired) electrons. The topological polar surface area (TPSA) is 66.5 Å².